The van der Waals surface area contributed by atoms with Crippen LogP contribution in [0.2, 0.25) is 0 Å². The highest BCUT2D eigenvalue weighted by Gasteiger charge is 2.30. The molecule has 0 saturated heterocycles. The molecular formula is C22H23N9O2. The number of ether oxygens (including phenoxy) is 1. The Morgan fingerprint density at radius 3 is 2.73 bits per heavy atom. The Morgan fingerprint density at radius 1 is 1.21 bits per heavy atom. The number of carbonyl (C=O) groups excluding carboxylic acids is 1. The molecule has 3 N–H and O–H groups in total. The highest BCUT2D eigenvalue weighted by atomic mass is 16.5. The van der Waals surface area contributed by atoms with Gasteiger partial charge in [-0.25, -0.2) is 9.97 Å². The van der Waals surface area contributed by atoms with Gasteiger partial charge in [0.2, 0.25) is 5.91 Å². The lowest BCUT2D eigenvalue weighted by molar-refractivity contribution is -0.117. The maximum Gasteiger partial charge on any atom is 0.228 e. The number of nitrogens with zero attached hydrogens (tertiary/aromatic N) is 6. The van der Waals surface area contributed by atoms with Crippen molar-refractivity contribution in [3.05, 3.63) is 42.5 Å². The number of aromatic nitrogens is 7. The highest BCUT2D eigenvalue weighted by Crippen LogP contribution is 2.38. The lowest BCUT2D eigenvalue weighted by Crippen LogP contribution is -2.15. The van der Waals surface area contributed by atoms with Gasteiger partial charge >= 0.3 is 0 Å². The summed E-state index contributed by atoms with van der Waals surface area (Å²) in [7, 11) is 3.40. The fourth-order valence-corrected chi connectivity index (χ4v) is 3.47. The molecule has 1 aromatic carbocycles. The number of H-pyrrole nitrogens is 1. The van der Waals surface area contributed by atoms with Gasteiger partial charge in [0.1, 0.15) is 6.33 Å². The number of nitrogens with one attached hydrogen (secondary N) is 3. The van der Waals surface area contributed by atoms with Crippen molar-refractivity contribution in [2.45, 2.75) is 19.8 Å². The molecule has 0 spiro atoms. The Bertz CT molecular complexity index is 1320. The van der Waals surface area contributed by atoms with Crippen LogP contribution in [0.1, 0.15) is 18.5 Å². The number of anilines is 3. The fraction of sp³-hybridized carbons (Fsp3) is 0.273. The number of amides is 1. The Balaban J connectivity index is 1.55. The maximum atomic E-state index is 12.3. The zero-order chi connectivity index (χ0) is 22.9. The van der Waals surface area contributed by atoms with Crippen molar-refractivity contribution in [2.24, 2.45) is 13.0 Å². The van der Waals surface area contributed by atoms with Crippen molar-refractivity contribution >= 4 is 23.1 Å². The summed E-state index contributed by atoms with van der Waals surface area (Å²) in [6.45, 7) is 1.91. The molecule has 11 nitrogen and oxygen atoms in total. The van der Waals surface area contributed by atoms with E-state index in [9.17, 15) is 4.79 Å². The van der Waals surface area contributed by atoms with Crippen molar-refractivity contribution < 1.29 is 9.53 Å². The molecule has 1 aliphatic rings. The molecule has 0 unspecified atom stereocenters. The SMILES string of the molecule is COc1c(Nc2cc(NC(=O)C3CC3)nnc2-c2ncc(C)[nH]2)cccc1-c1ncn(C)n1. The van der Waals surface area contributed by atoms with Gasteiger partial charge in [-0.2, -0.15) is 5.10 Å². The van der Waals surface area contributed by atoms with Crippen molar-refractivity contribution in [1.29, 1.82) is 0 Å². The number of aryl methyl sites for hydroxylation is 2. The second-order valence-electron chi connectivity index (χ2n) is 7.92. The fourth-order valence-electron chi connectivity index (χ4n) is 3.47. The second kappa shape index (κ2) is 8.34. The minimum absolute atomic E-state index is 0.0438. The smallest absolute Gasteiger partial charge is 0.228 e. The number of benzene rings is 1. The normalized spacial score (nSPS) is 13.1. The minimum atomic E-state index is -0.0438. The van der Waals surface area contributed by atoms with Crippen LogP contribution >= 0.6 is 0 Å². The number of para-hydroxylation sites is 1. The first-order valence-corrected chi connectivity index (χ1v) is 10.5. The number of methoxy groups -OCH3 is 1. The summed E-state index contributed by atoms with van der Waals surface area (Å²) in [5.74, 6) is 2.05. The molecule has 1 saturated carbocycles. The van der Waals surface area contributed by atoms with Crippen molar-refractivity contribution in [2.75, 3.05) is 17.7 Å². The molecule has 11 heteroatoms. The molecule has 0 bridgehead atoms. The minimum Gasteiger partial charge on any atom is -0.494 e. The lowest BCUT2D eigenvalue weighted by Gasteiger charge is -2.16. The molecule has 3 heterocycles. The van der Waals surface area contributed by atoms with Crippen LogP contribution in [0, 0.1) is 12.8 Å². The van der Waals surface area contributed by atoms with Gasteiger partial charge < -0.3 is 20.4 Å². The molecule has 168 valence electrons. The van der Waals surface area contributed by atoms with Crippen LogP contribution in [0.15, 0.2) is 36.8 Å². The number of aromatic amines is 1. The molecule has 33 heavy (non-hydrogen) atoms. The number of hydrogen-bond donors (Lipinski definition) is 3. The van der Waals surface area contributed by atoms with Crippen LogP contribution in [0.5, 0.6) is 5.75 Å². The molecule has 5 rings (SSSR count). The predicted molar refractivity (Wildman–Crippen MR) is 122 cm³/mol. The van der Waals surface area contributed by atoms with Crippen LogP contribution in [-0.4, -0.2) is 47.9 Å². The first-order chi connectivity index (χ1) is 16.0. The number of rotatable bonds is 7. The first-order valence-electron chi connectivity index (χ1n) is 10.5. The van der Waals surface area contributed by atoms with Gasteiger partial charge in [-0.05, 0) is 31.9 Å². The van der Waals surface area contributed by atoms with Gasteiger partial charge in [-0.15, -0.1) is 10.2 Å². The van der Waals surface area contributed by atoms with Gasteiger partial charge in [-0.1, -0.05) is 6.07 Å². The van der Waals surface area contributed by atoms with Crippen molar-refractivity contribution in [3.63, 3.8) is 0 Å². The van der Waals surface area contributed by atoms with Crippen molar-refractivity contribution in [1.82, 2.24) is 34.9 Å². The van der Waals surface area contributed by atoms with Crippen LogP contribution in [0.25, 0.3) is 22.9 Å². The van der Waals surface area contributed by atoms with Crippen LogP contribution in [0.4, 0.5) is 17.2 Å². The van der Waals surface area contributed by atoms with Crippen molar-refractivity contribution in [3.8, 4) is 28.7 Å². The summed E-state index contributed by atoms with van der Waals surface area (Å²) in [5.41, 5.74) is 3.43. The Kier molecular flexibility index (Phi) is 5.21. The summed E-state index contributed by atoms with van der Waals surface area (Å²) in [6.07, 6.45) is 5.16. The average Bonchev–Trinajstić information content (AvgIpc) is 3.44. The molecule has 1 amide bonds. The van der Waals surface area contributed by atoms with E-state index in [4.69, 9.17) is 4.74 Å². The molecule has 0 aliphatic heterocycles. The lowest BCUT2D eigenvalue weighted by atomic mass is 10.1. The molecule has 4 aromatic rings. The third-order valence-corrected chi connectivity index (χ3v) is 5.25. The van der Waals surface area contributed by atoms with E-state index < -0.39 is 0 Å². The van der Waals surface area contributed by atoms with Gasteiger partial charge in [0.05, 0.1) is 24.0 Å². The third-order valence-electron chi connectivity index (χ3n) is 5.25. The summed E-state index contributed by atoms with van der Waals surface area (Å²) >= 11 is 0. The number of imidazole rings is 1. The second-order valence-corrected chi connectivity index (χ2v) is 7.92. The average molecular weight is 445 g/mol. The summed E-state index contributed by atoms with van der Waals surface area (Å²) in [5, 5.41) is 19.1. The van der Waals surface area contributed by atoms with Crippen LogP contribution in [0.3, 0.4) is 0 Å². The topological polar surface area (TPSA) is 136 Å². The van der Waals surface area contributed by atoms with E-state index in [2.05, 4.69) is 40.9 Å². The van der Waals surface area contributed by atoms with E-state index in [1.807, 2.05) is 32.2 Å². The van der Waals surface area contributed by atoms with E-state index in [0.29, 0.717) is 40.3 Å². The summed E-state index contributed by atoms with van der Waals surface area (Å²) in [4.78, 5) is 24.2. The highest BCUT2D eigenvalue weighted by molar-refractivity contribution is 5.94. The molecule has 0 atom stereocenters. The zero-order valence-electron chi connectivity index (χ0n) is 18.5. The Hall–Kier alpha value is -4.28. The number of hydrogen-bond acceptors (Lipinski definition) is 8. The van der Waals surface area contributed by atoms with Crippen LogP contribution in [-0.2, 0) is 11.8 Å². The summed E-state index contributed by atoms with van der Waals surface area (Å²) < 4.78 is 7.35. The molecule has 0 radical (unpaired) electrons. The monoisotopic (exact) mass is 445 g/mol. The maximum absolute atomic E-state index is 12.3. The largest absolute Gasteiger partial charge is 0.494 e. The summed E-state index contributed by atoms with van der Waals surface area (Å²) in [6, 6.07) is 7.40. The molecular weight excluding hydrogens is 422 g/mol. The van der Waals surface area contributed by atoms with E-state index in [1.165, 1.54) is 0 Å². The molecule has 3 aromatic heterocycles. The van der Waals surface area contributed by atoms with Gasteiger partial charge in [-0.3, -0.25) is 9.48 Å². The van der Waals surface area contributed by atoms with E-state index in [1.54, 1.807) is 30.4 Å². The molecule has 1 fully saturated rings. The van der Waals surface area contributed by atoms with Crippen LogP contribution < -0.4 is 15.4 Å². The quantitative estimate of drug-likeness (QED) is 0.395. The third kappa shape index (κ3) is 4.25. The number of carbonyl (C=O) groups is 1. The molecule has 1 aliphatic carbocycles. The van der Waals surface area contributed by atoms with Gasteiger partial charge in [0, 0.05) is 30.9 Å². The predicted octanol–water partition coefficient (Wildman–Crippen LogP) is 3.07. The first kappa shape index (κ1) is 20.6. The van der Waals surface area contributed by atoms with E-state index in [-0.39, 0.29) is 11.8 Å². The van der Waals surface area contributed by atoms with Gasteiger partial charge in [0.25, 0.3) is 0 Å². The Morgan fingerprint density at radius 2 is 2.06 bits per heavy atom. The standard InChI is InChI=1S/C22H23N9O2/c1-12-10-23-21(25-12)18-16(9-17(28-29-18)27-22(32)13-7-8-13)26-15-6-4-5-14(19(15)33-3)20-24-11-31(2)30-20/h4-6,9-11,13H,7-8H2,1-3H3,(H,23,25)(H2,26,27,28,32). The van der Waals surface area contributed by atoms with E-state index in [0.717, 1.165) is 24.1 Å². The zero-order valence-corrected chi connectivity index (χ0v) is 18.5. The van der Waals surface area contributed by atoms with Gasteiger partial charge in [0.15, 0.2) is 28.9 Å². The van der Waals surface area contributed by atoms with E-state index >= 15 is 0 Å². The Labute approximate surface area is 189 Å².